The Kier molecular flexibility index (Phi) is 3.87. The summed E-state index contributed by atoms with van der Waals surface area (Å²) in [7, 11) is 0. The lowest BCUT2D eigenvalue weighted by molar-refractivity contribution is 0.145. The maximum Gasteiger partial charge on any atom is 0.0133 e. The van der Waals surface area contributed by atoms with Crippen LogP contribution in [0.15, 0.2) is 0 Å². The number of rotatable bonds is 3. The van der Waals surface area contributed by atoms with Crippen LogP contribution in [-0.4, -0.2) is 24.6 Å². The van der Waals surface area contributed by atoms with Gasteiger partial charge in [-0.1, -0.05) is 13.8 Å². The summed E-state index contributed by atoms with van der Waals surface area (Å²) in [6.45, 7) is 8.20. The second kappa shape index (κ2) is 4.73. The minimum Gasteiger partial charge on any atom is -0.255 e. The van der Waals surface area contributed by atoms with Crippen molar-refractivity contribution in [3.8, 4) is 0 Å². The summed E-state index contributed by atoms with van der Waals surface area (Å²) in [5.74, 6) is 0.832. The van der Waals surface area contributed by atoms with Crippen molar-refractivity contribution in [2.24, 2.45) is 5.92 Å². The third-order valence-electron chi connectivity index (χ3n) is 2.17. The van der Waals surface area contributed by atoms with E-state index in [0.29, 0.717) is 0 Å². The van der Waals surface area contributed by atoms with Gasteiger partial charge in [0.05, 0.1) is 0 Å². The average molecular weight is 156 g/mol. The molecule has 2 heteroatoms. The topological polar surface area (TPSA) is 15.3 Å². The summed E-state index contributed by atoms with van der Waals surface area (Å²) in [5.41, 5.74) is 3.41. The van der Waals surface area contributed by atoms with Gasteiger partial charge in [0.15, 0.2) is 0 Å². The summed E-state index contributed by atoms with van der Waals surface area (Å²) in [6, 6.07) is 0. The SMILES string of the molecule is CC(C)CCN1CCCCN1. The zero-order chi connectivity index (χ0) is 8.10. The second-order valence-electron chi connectivity index (χ2n) is 3.78. The van der Waals surface area contributed by atoms with Crippen LogP contribution >= 0.6 is 0 Å². The van der Waals surface area contributed by atoms with Gasteiger partial charge in [-0.25, -0.2) is 5.01 Å². The summed E-state index contributed by atoms with van der Waals surface area (Å²) in [5, 5.41) is 2.36. The smallest absolute Gasteiger partial charge is 0.0133 e. The first kappa shape index (κ1) is 9.01. The van der Waals surface area contributed by atoms with Gasteiger partial charge < -0.3 is 0 Å². The van der Waals surface area contributed by atoms with Crippen LogP contribution in [0, 0.1) is 5.92 Å². The highest BCUT2D eigenvalue weighted by atomic mass is 15.5. The molecule has 0 spiro atoms. The van der Waals surface area contributed by atoms with Crippen LogP contribution in [0.4, 0.5) is 0 Å². The highest BCUT2D eigenvalue weighted by molar-refractivity contribution is 4.60. The Morgan fingerprint density at radius 3 is 2.73 bits per heavy atom. The first-order valence-electron chi connectivity index (χ1n) is 4.77. The van der Waals surface area contributed by atoms with Gasteiger partial charge >= 0.3 is 0 Å². The van der Waals surface area contributed by atoms with Crippen molar-refractivity contribution in [2.45, 2.75) is 33.1 Å². The first-order valence-corrected chi connectivity index (χ1v) is 4.77. The summed E-state index contributed by atoms with van der Waals surface area (Å²) >= 11 is 0. The molecule has 1 aliphatic heterocycles. The van der Waals surface area contributed by atoms with E-state index in [1.807, 2.05) is 0 Å². The van der Waals surface area contributed by atoms with E-state index in [-0.39, 0.29) is 0 Å². The molecule has 66 valence electrons. The molecule has 0 unspecified atom stereocenters. The molecule has 0 aliphatic carbocycles. The van der Waals surface area contributed by atoms with Crippen LogP contribution in [0.5, 0.6) is 0 Å². The van der Waals surface area contributed by atoms with Gasteiger partial charge in [-0.15, -0.1) is 0 Å². The van der Waals surface area contributed by atoms with Gasteiger partial charge in [0.25, 0.3) is 0 Å². The summed E-state index contributed by atoms with van der Waals surface area (Å²) in [4.78, 5) is 0. The third-order valence-corrected chi connectivity index (χ3v) is 2.17. The number of nitrogens with zero attached hydrogens (tertiary/aromatic N) is 1. The van der Waals surface area contributed by atoms with E-state index < -0.39 is 0 Å². The van der Waals surface area contributed by atoms with E-state index in [1.54, 1.807) is 0 Å². The number of hydrazine groups is 1. The molecule has 0 aromatic rings. The molecule has 1 saturated heterocycles. The predicted molar refractivity (Wildman–Crippen MR) is 48.3 cm³/mol. The van der Waals surface area contributed by atoms with Crippen molar-refractivity contribution in [1.29, 1.82) is 0 Å². The lowest BCUT2D eigenvalue weighted by Gasteiger charge is -2.28. The fourth-order valence-electron chi connectivity index (χ4n) is 1.35. The average Bonchev–Trinajstić information content (AvgIpc) is 2.03. The highest BCUT2D eigenvalue weighted by Crippen LogP contribution is 2.04. The van der Waals surface area contributed by atoms with Crippen molar-refractivity contribution in [3.63, 3.8) is 0 Å². The van der Waals surface area contributed by atoms with Crippen molar-refractivity contribution >= 4 is 0 Å². The molecule has 0 amide bonds. The molecule has 1 N–H and O–H groups in total. The number of hydrogen-bond donors (Lipinski definition) is 1. The Labute approximate surface area is 69.9 Å². The Hall–Kier alpha value is -0.0800. The number of hydrogen-bond acceptors (Lipinski definition) is 2. The fraction of sp³-hybridized carbons (Fsp3) is 1.00. The maximum absolute atomic E-state index is 3.41. The molecule has 0 saturated carbocycles. The zero-order valence-electron chi connectivity index (χ0n) is 7.77. The molecule has 0 aromatic heterocycles. The van der Waals surface area contributed by atoms with E-state index in [9.17, 15) is 0 Å². The predicted octanol–water partition coefficient (Wildman–Crippen LogP) is 1.63. The van der Waals surface area contributed by atoms with E-state index in [1.165, 1.54) is 38.9 Å². The van der Waals surface area contributed by atoms with E-state index >= 15 is 0 Å². The lowest BCUT2D eigenvalue weighted by atomic mass is 10.1. The van der Waals surface area contributed by atoms with Crippen LogP contribution in [0.3, 0.4) is 0 Å². The molecule has 1 aliphatic rings. The van der Waals surface area contributed by atoms with Crippen molar-refractivity contribution in [2.75, 3.05) is 19.6 Å². The van der Waals surface area contributed by atoms with Gasteiger partial charge in [0.2, 0.25) is 0 Å². The second-order valence-corrected chi connectivity index (χ2v) is 3.78. The van der Waals surface area contributed by atoms with Gasteiger partial charge in [-0.2, -0.15) is 0 Å². The molecule has 1 fully saturated rings. The van der Waals surface area contributed by atoms with E-state index in [0.717, 1.165) is 5.92 Å². The molecule has 2 nitrogen and oxygen atoms in total. The molecule has 1 rings (SSSR count). The fourth-order valence-corrected chi connectivity index (χ4v) is 1.35. The molecule has 1 heterocycles. The molecule has 0 aromatic carbocycles. The minimum atomic E-state index is 0.832. The quantitative estimate of drug-likeness (QED) is 0.668. The van der Waals surface area contributed by atoms with E-state index in [2.05, 4.69) is 24.3 Å². The Morgan fingerprint density at radius 2 is 2.18 bits per heavy atom. The van der Waals surface area contributed by atoms with Crippen molar-refractivity contribution in [1.82, 2.24) is 10.4 Å². The maximum atomic E-state index is 3.41. The molecular weight excluding hydrogens is 136 g/mol. The molecule has 0 bridgehead atoms. The minimum absolute atomic E-state index is 0.832. The van der Waals surface area contributed by atoms with E-state index in [4.69, 9.17) is 0 Å². The number of nitrogens with one attached hydrogen (secondary N) is 1. The highest BCUT2D eigenvalue weighted by Gasteiger charge is 2.08. The van der Waals surface area contributed by atoms with Crippen LogP contribution in [0.25, 0.3) is 0 Å². The van der Waals surface area contributed by atoms with Crippen LogP contribution in [-0.2, 0) is 0 Å². The third kappa shape index (κ3) is 3.73. The van der Waals surface area contributed by atoms with Gasteiger partial charge in [0.1, 0.15) is 0 Å². The Morgan fingerprint density at radius 1 is 1.36 bits per heavy atom. The molecule has 0 radical (unpaired) electrons. The van der Waals surface area contributed by atoms with Crippen LogP contribution in [0.2, 0.25) is 0 Å². The normalized spacial score (nSPS) is 21.0. The van der Waals surface area contributed by atoms with Gasteiger partial charge in [-0.05, 0) is 25.2 Å². The summed E-state index contributed by atoms with van der Waals surface area (Å²) < 4.78 is 0. The van der Waals surface area contributed by atoms with Crippen LogP contribution in [0.1, 0.15) is 33.1 Å². The van der Waals surface area contributed by atoms with Gasteiger partial charge in [-0.3, -0.25) is 5.43 Å². The Balaban J connectivity index is 2.05. The monoisotopic (exact) mass is 156 g/mol. The standard InChI is InChI=1S/C9H20N2/c1-9(2)5-8-11-7-4-3-6-10-11/h9-10H,3-8H2,1-2H3. The molecule has 11 heavy (non-hydrogen) atoms. The lowest BCUT2D eigenvalue weighted by Crippen LogP contribution is -2.43. The largest absolute Gasteiger partial charge is 0.255 e. The Bertz CT molecular complexity index is 95.7. The first-order chi connectivity index (χ1) is 5.29. The van der Waals surface area contributed by atoms with Crippen LogP contribution < -0.4 is 5.43 Å². The van der Waals surface area contributed by atoms with Crippen molar-refractivity contribution in [3.05, 3.63) is 0 Å². The molecule has 0 atom stereocenters. The molecular formula is C9H20N2. The van der Waals surface area contributed by atoms with Crippen molar-refractivity contribution < 1.29 is 0 Å². The summed E-state index contributed by atoms with van der Waals surface area (Å²) in [6.07, 6.45) is 4.02. The zero-order valence-corrected chi connectivity index (χ0v) is 7.77. The van der Waals surface area contributed by atoms with Gasteiger partial charge in [0, 0.05) is 19.6 Å².